The first-order valence-corrected chi connectivity index (χ1v) is 4.84. The molecule has 1 rings (SSSR count). The molecule has 5 nitrogen and oxygen atoms in total. The fourth-order valence-electron chi connectivity index (χ4n) is 0.766. The van der Waals surface area contributed by atoms with Crippen molar-refractivity contribution in [1.82, 2.24) is 4.98 Å². The van der Waals surface area contributed by atoms with E-state index in [1.807, 2.05) is 0 Å². The number of aromatic nitrogens is 1. The SMILES string of the molecule is O=C(O)c1cc(Br)c(C(=O)O)nc1Br. The van der Waals surface area contributed by atoms with Crippen molar-refractivity contribution in [3.8, 4) is 0 Å². The van der Waals surface area contributed by atoms with E-state index >= 15 is 0 Å². The van der Waals surface area contributed by atoms with Crippen molar-refractivity contribution in [3.63, 3.8) is 0 Å². The molecule has 14 heavy (non-hydrogen) atoms. The summed E-state index contributed by atoms with van der Waals surface area (Å²) in [6.45, 7) is 0. The molecule has 0 spiro atoms. The fraction of sp³-hybridized carbons (Fsp3) is 0. The fourth-order valence-corrected chi connectivity index (χ4v) is 1.71. The van der Waals surface area contributed by atoms with Crippen LogP contribution < -0.4 is 0 Å². The van der Waals surface area contributed by atoms with Crippen LogP contribution in [0.15, 0.2) is 15.1 Å². The van der Waals surface area contributed by atoms with E-state index in [0.717, 1.165) is 0 Å². The Hall–Kier alpha value is -0.950. The van der Waals surface area contributed by atoms with Crippen LogP contribution in [0.2, 0.25) is 0 Å². The van der Waals surface area contributed by atoms with Crippen LogP contribution in [-0.2, 0) is 0 Å². The molecule has 7 heteroatoms. The summed E-state index contributed by atoms with van der Waals surface area (Å²) in [6.07, 6.45) is 0. The van der Waals surface area contributed by atoms with E-state index in [4.69, 9.17) is 10.2 Å². The molecule has 0 saturated heterocycles. The van der Waals surface area contributed by atoms with E-state index in [9.17, 15) is 9.59 Å². The highest BCUT2D eigenvalue weighted by atomic mass is 79.9. The van der Waals surface area contributed by atoms with Gasteiger partial charge in [0.15, 0.2) is 5.69 Å². The van der Waals surface area contributed by atoms with Crippen molar-refractivity contribution in [1.29, 1.82) is 0 Å². The first-order valence-electron chi connectivity index (χ1n) is 3.26. The second-order valence-corrected chi connectivity index (χ2v) is 3.87. The first-order chi connectivity index (χ1) is 6.43. The van der Waals surface area contributed by atoms with E-state index in [1.165, 1.54) is 6.07 Å². The predicted molar refractivity (Wildman–Crippen MR) is 53.6 cm³/mol. The third-order valence-electron chi connectivity index (χ3n) is 1.36. The minimum absolute atomic E-state index is 0.00870. The Labute approximate surface area is 95.0 Å². The number of rotatable bonds is 2. The largest absolute Gasteiger partial charge is 0.478 e. The van der Waals surface area contributed by atoms with Crippen molar-refractivity contribution in [2.75, 3.05) is 0 Å². The summed E-state index contributed by atoms with van der Waals surface area (Å²) in [5.74, 6) is -2.41. The molecule has 0 unspecified atom stereocenters. The Balaban J connectivity index is 3.38. The van der Waals surface area contributed by atoms with Gasteiger partial charge < -0.3 is 10.2 Å². The average Bonchev–Trinajstić information content (AvgIpc) is 2.07. The molecule has 0 aromatic carbocycles. The van der Waals surface area contributed by atoms with Gasteiger partial charge in [-0.3, -0.25) is 0 Å². The number of carbonyl (C=O) groups is 2. The van der Waals surface area contributed by atoms with Crippen LogP contribution in [0.25, 0.3) is 0 Å². The zero-order valence-electron chi connectivity index (χ0n) is 6.49. The Bertz CT molecular complexity index is 379. The van der Waals surface area contributed by atoms with Crippen molar-refractivity contribution in [2.24, 2.45) is 0 Å². The molecule has 0 atom stereocenters. The van der Waals surface area contributed by atoms with Crippen molar-refractivity contribution < 1.29 is 19.8 Å². The van der Waals surface area contributed by atoms with Gasteiger partial charge in [0.05, 0.1) is 10.0 Å². The number of hydrogen-bond acceptors (Lipinski definition) is 3. The topological polar surface area (TPSA) is 87.5 Å². The second-order valence-electron chi connectivity index (χ2n) is 2.27. The molecule has 0 fully saturated rings. The van der Waals surface area contributed by atoms with Gasteiger partial charge in [-0.2, -0.15) is 0 Å². The standard InChI is InChI=1S/C7H3Br2NO4/c8-3-1-2(6(11)12)5(9)10-4(3)7(13)14/h1H,(H,11,12)(H,13,14). The predicted octanol–water partition coefficient (Wildman–Crippen LogP) is 2.00. The Morgan fingerprint density at radius 1 is 1.21 bits per heavy atom. The molecular formula is C7H3Br2NO4. The Morgan fingerprint density at radius 3 is 2.21 bits per heavy atom. The van der Waals surface area contributed by atoms with Gasteiger partial charge in [0, 0.05) is 0 Å². The van der Waals surface area contributed by atoms with Gasteiger partial charge in [-0.15, -0.1) is 0 Å². The molecule has 0 aliphatic carbocycles. The normalized spacial score (nSPS) is 9.86. The number of carboxylic acids is 2. The smallest absolute Gasteiger partial charge is 0.355 e. The molecule has 0 saturated carbocycles. The number of pyridine rings is 1. The van der Waals surface area contributed by atoms with Gasteiger partial charge in [0.1, 0.15) is 4.60 Å². The maximum absolute atomic E-state index is 10.6. The summed E-state index contributed by atoms with van der Waals surface area (Å²) in [5, 5.41) is 17.3. The number of nitrogens with zero attached hydrogens (tertiary/aromatic N) is 1. The van der Waals surface area contributed by atoms with Crippen LogP contribution in [0, 0.1) is 0 Å². The van der Waals surface area contributed by atoms with Gasteiger partial charge in [-0.1, -0.05) is 0 Å². The molecule has 0 bridgehead atoms. The number of aromatic carboxylic acids is 2. The zero-order valence-corrected chi connectivity index (χ0v) is 9.66. The van der Waals surface area contributed by atoms with Crippen molar-refractivity contribution in [2.45, 2.75) is 0 Å². The number of hydrogen-bond donors (Lipinski definition) is 2. The Kier molecular flexibility index (Phi) is 3.22. The van der Waals surface area contributed by atoms with Gasteiger partial charge in [0.2, 0.25) is 0 Å². The lowest BCUT2D eigenvalue weighted by Crippen LogP contribution is -2.06. The number of carboxylic acid groups (broad SMARTS) is 2. The van der Waals surface area contributed by atoms with Crippen molar-refractivity contribution in [3.05, 3.63) is 26.4 Å². The zero-order chi connectivity index (χ0) is 10.9. The lowest BCUT2D eigenvalue weighted by Gasteiger charge is -2.02. The van der Waals surface area contributed by atoms with Gasteiger partial charge >= 0.3 is 11.9 Å². The van der Waals surface area contributed by atoms with E-state index in [-0.39, 0.29) is 20.3 Å². The molecule has 0 amide bonds. The first kappa shape index (κ1) is 11.1. The van der Waals surface area contributed by atoms with E-state index in [2.05, 4.69) is 36.8 Å². The molecule has 74 valence electrons. The highest BCUT2D eigenvalue weighted by Gasteiger charge is 2.17. The summed E-state index contributed by atoms with van der Waals surface area (Å²) in [7, 11) is 0. The molecule has 0 radical (unpaired) electrons. The van der Waals surface area contributed by atoms with Gasteiger partial charge in [-0.25, -0.2) is 14.6 Å². The summed E-state index contributed by atoms with van der Waals surface area (Å²) < 4.78 is 0.121. The average molecular weight is 325 g/mol. The quantitative estimate of drug-likeness (QED) is 0.812. The van der Waals surface area contributed by atoms with Crippen LogP contribution in [0.1, 0.15) is 20.8 Å². The maximum Gasteiger partial charge on any atom is 0.355 e. The molecule has 0 aliphatic heterocycles. The van der Waals surface area contributed by atoms with Crippen LogP contribution >= 0.6 is 31.9 Å². The van der Waals surface area contributed by atoms with E-state index in [0.29, 0.717) is 0 Å². The highest BCUT2D eigenvalue weighted by molar-refractivity contribution is 9.11. The van der Waals surface area contributed by atoms with Crippen LogP contribution in [0.4, 0.5) is 0 Å². The number of halogens is 2. The summed E-state index contributed by atoms with van der Waals surface area (Å²) in [5.41, 5.74) is -0.330. The monoisotopic (exact) mass is 323 g/mol. The molecule has 1 aromatic rings. The van der Waals surface area contributed by atoms with E-state index < -0.39 is 11.9 Å². The molecule has 1 heterocycles. The van der Waals surface area contributed by atoms with Gasteiger partial charge in [-0.05, 0) is 37.9 Å². The van der Waals surface area contributed by atoms with Crippen molar-refractivity contribution >= 4 is 43.8 Å². The van der Waals surface area contributed by atoms with Crippen LogP contribution in [0.3, 0.4) is 0 Å². The summed E-state index contributed by atoms with van der Waals surface area (Å²) >= 11 is 5.80. The maximum atomic E-state index is 10.6. The van der Waals surface area contributed by atoms with E-state index in [1.54, 1.807) is 0 Å². The summed E-state index contributed by atoms with van der Waals surface area (Å²) in [4.78, 5) is 24.8. The second kappa shape index (κ2) is 4.05. The molecule has 2 N–H and O–H groups in total. The minimum atomic E-state index is -1.23. The molecule has 1 aromatic heterocycles. The molecular weight excluding hydrogens is 322 g/mol. The highest BCUT2D eigenvalue weighted by Crippen LogP contribution is 2.22. The summed E-state index contributed by atoms with van der Waals surface area (Å²) in [6, 6.07) is 1.18. The lowest BCUT2D eigenvalue weighted by molar-refractivity contribution is 0.0673. The molecule has 0 aliphatic rings. The lowest BCUT2D eigenvalue weighted by atomic mass is 10.2. The van der Waals surface area contributed by atoms with Crippen LogP contribution in [0.5, 0.6) is 0 Å². The third kappa shape index (κ3) is 2.10. The third-order valence-corrected chi connectivity index (χ3v) is 2.57. The minimum Gasteiger partial charge on any atom is -0.478 e. The van der Waals surface area contributed by atoms with Gasteiger partial charge in [0.25, 0.3) is 0 Å². The Morgan fingerprint density at radius 2 is 1.79 bits per heavy atom. The van der Waals surface area contributed by atoms with Crippen LogP contribution in [-0.4, -0.2) is 27.1 Å².